The van der Waals surface area contributed by atoms with Crippen LogP contribution in [0.3, 0.4) is 0 Å². The van der Waals surface area contributed by atoms with Crippen LogP contribution >= 0.6 is 0 Å². The van der Waals surface area contributed by atoms with E-state index in [-0.39, 0.29) is 12.0 Å². The first kappa shape index (κ1) is 16.2. The summed E-state index contributed by atoms with van der Waals surface area (Å²) < 4.78 is 24.6. The van der Waals surface area contributed by atoms with Gasteiger partial charge in [0.1, 0.15) is 0 Å². The molecule has 118 valence electrons. The van der Waals surface area contributed by atoms with Crippen molar-refractivity contribution in [1.29, 1.82) is 0 Å². The average Bonchev–Trinajstić information content (AvgIpc) is 2.41. The summed E-state index contributed by atoms with van der Waals surface area (Å²) in [5.41, 5.74) is 0.0414. The van der Waals surface area contributed by atoms with Crippen molar-refractivity contribution in [1.82, 2.24) is 9.21 Å². The van der Waals surface area contributed by atoms with Crippen molar-refractivity contribution < 1.29 is 13.5 Å². The molecule has 2 rings (SSSR count). The van der Waals surface area contributed by atoms with Gasteiger partial charge in [-0.1, -0.05) is 19.8 Å². The third kappa shape index (κ3) is 3.93. The molecule has 0 aromatic carbocycles. The summed E-state index contributed by atoms with van der Waals surface area (Å²) in [6.07, 6.45) is 5.86. The topological polar surface area (TPSA) is 60.9 Å². The molecule has 0 bridgehead atoms. The van der Waals surface area contributed by atoms with Gasteiger partial charge in [0.15, 0.2) is 0 Å². The molecule has 0 aromatic rings. The second-order valence-corrected chi connectivity index (χ2v) is 8.76. The number of aliphatic hydroxyl groups is 1. The molecule has 0 unspecified atom stereocenters. The zero-order valence-electron chi connectivity index (χ0n) is 12.7. The predicted octanol–water partition coefficient (Wildman–Crippen LogP) is 0.752. The first-order valence-electron chi connectivity index (χ1n) is 7.63. The monoisotopic (exact) mass is 304 g/mol. The van der Waals surface area contributed by atoms with Crippen LogP contribution in [-0.2, 0) is 10.0 Å². The van der Waals surface area contributed by atoms with Gasteiger partial charge in [0.25, 0.3) is 0 Å². The molecule has 2 aliphatic rings. The first-order valence-corrected chi connectivity index (χ1v) is 9.48. The molecule has 6 heteroatoms. The van der Waals surface area contributed by atoms with E-state index in [9.17, 15) is 13.5 Å². The fourth-order valence-corrected chi connectivity index (χ4v) is 4.26. The van der Waals surface area contributed by atoms with Crippen molar-refractivity contribution in [2.45, 2.75) is 32.6 Å². The minimum absolute atomic E-state index is 0.0414. The number of aliphatic hydroxyl groups excluding tert-OH is 1. The second kappa shape index (κ2) is 6.30. The molecular weight excluding hydrogens is 276 g/mol. The molecule has 5 nitrogen and oxygen atoms in total. The Morgan fingerprint density at radius 3 is 2.15 bits per heavy atom. The number of hydrogen-bond acceptors (Lipinski definition) is 4. The fraction of sp³-hybridized carbons (Fsp3) is 1.00. The van der Waals surface area contributed by atoms with Gasteiger partial charge in [0.05, 0.1) is 6.26 Å². The Bertz CT molecular complexity index is 408. The molecule has 0 atom stereocenters. The van der Waals surface area contributed by atoms with E-state index in [1.807, 2.05) is 0 Å². The van der Waals surface area contributed by atoms with Crippen molar-refractivity contribution in [2.75, 3.05) is 45.6 Å². The Labute approximate surface area is 123 Å². The van der Waals surface area contributed by atoms with E-state index in [1.54, 1.807) is 4.31 Å². The summed E-state index contributed by atoms with van der Waals surface area (Å²) in [6.45, 7) is 6.17. The molecule has 1 heterocycles. The Kier molecular flexibility index (Phi) is 5.10. The molecular formula is C14H28N2O3S. The Morgan fingerprint density at radius 2 is 1.70 bits per heavy atom. The SMILES string of the molecule is CC1CCC(CO)(CN2CCN(S(C)(=O)=O)CC2)CC1. The fourth-order valence-electron chi connectivity index (χ4n) is 3.43. The van der Waals surface area contributed by atoms with Crippen molar-refractivity contribution >= 4 is 10.0 Å². The average molecular weight is 304 g/mol. The molecule has 1 aliphatic carbocycles. The van der Waals surface area contributed by atoms with Crippen molar-refractivity contribution in [2.24, 2.45) is 11.3 Å². The highest BCUT2D eigenvalue weighted by molar-refractivity contribution is 7.88. The van der Waals surface area contributed by atoms with Crippen LogP contribution in [0.5, 0.6) is 0 Å². The van der Waals surface area contributed by atoms with E-state index in [2.05, 4.69) is 11.8 Å². The van der Waals surface area contributed by atoms with Crippen LogP contribution in [0, 0.1) is 11.3 Å². The van der Waals surface area contributed by atoms with Gasteiger partial charge in [0.2, 0.25) is 10.0 Å². The molecule has 20 heavy (non-hydrogen) atoms. The lowest BCUT2D eigenvalue weighted by Crippen LogP contribution is -2.52. The Hall–Kier alpha value is -0.170. The van der Waals surface area contributed by atoms with Gasteiger partial charge in [-0.3, -0.25) is 0 Å². The van der Waals surface area contributed by atoms with Gasteiger partial charge in [-0.15, -0.1) is 0 Å². The lowest BCUT2D eigenvalue weighted by atomic mass is 9.71. The molecule has 1 saturated heterocycles. The standard InChI is InChI=1S/C14H28N2O3S/c1-13-3-5-14(12-17,6-4-13)11-15-7-9-16(10-8-15)20(2,18)19/h13,17H,3-12H2,1-2H3. The van der Waals surface area contributed by atoms with E-state index < -0.39 is 10.0 Å². The van der Waals surface area contributed by atoms with Crippen LogP contribution in [0.25, 0.3) is 0 Å². The lowest BCUT2D eigenvalue weighted by molar-refractivity contribution is 0.0205. The largest absolute Gasteiger partial charge is 0.396 e. The first-order chi connectivity index (χ1) is 9.35. The smallest absolute Gasteiger partial charge is 0.211 e. The van der Waals surface area contributed by atoms with Gasteiger partial charge in [-0.25, -0.2) is 8.42 Å². The number of piperazine rings is 1. The van der Waals surface area contributed by atoms with E-state index in [0.717, 1.165) is 38.4 Å². The summed E-state index contributed by atoms with van der Waals surface area (Å²) in [5.74, 6) is 0.775. The maximum absolute atomic E-state index is 11.5. The second-order valence-electron chi connectivity index (χ2n) is 6.78. The quantitative estimate of drug-likeness (QED) is 0.833. The van der Waals surface area contributed by atoms with Crippen molar-refractivity contribution in [3.63, 3.8) is 0 Å². The van der Waals surface area contributed by atoms with Crippen LogP contribution in [0.1, 0.15) is 32.6 Å². The summed E-state index contributed by atoms with van der Waals surface area (Å²) in [5, 5.41) is 9.81. The summed E-state index contributed by atoms with van der Waals surface area (Å²) in [4.78, 5) is 2.33. The highest BCUT2D eigenvalue weighted by atomic mass is 32.2. The van der Waals surface area contributed by atoms with Crippen LogP contribution in [0.4, 0.5) is 0 Å². The third-order valence-corrected chi connectivity index (χ3v) is 6.33. The summed E-state index contributed by atoms with van der Waals surface area (Å²) in [6, 6.07) is 0. The van der Waals surface area contributed by atoms with Crippen LogP contribution < -0.4 is 0 Å². The molecule has 0 amide bonds. The normalized spacial score (nSPS) is 34.2. The van der Waals surface area contributed by atoms with E-state index in [4.69, 9.17) is 0 Å². The molecule has 1 saturated carbocycles. The van der Waals surface area contributed by atoms with E-state index in [1.165, 1.54) is 19.1 Å². The summed E-state index contributed by atoms with van der Waals surface area (Å²) in [7, 11) is -3.05. The summed E-state index contributed by atoms with van der Waals surface area (Å²) >= 11 is 0. The van der Waals surface area contributed by atoms with Gasteiger partial charge in [-0.05, 0) is 18.8 Å². The highest BCUT2D eigenvalue weighted by Crippen LogP contribution is 2.39. The Balaban J connectivity index is 1.88. The van der Waals surface area contributed by atoms with Crippen molar-refractivity contribution in [3.05, 3.63) is 0 Å². The number of sulfonamides is 1. The third-order valence-electron chi connectivity index (χ3n) is 5.03. The molecule has 1 N–H and O–H groups in total. The van der Waals surface area contributed by atoms with Gasteiger partial charge in [0, 0.05) is 44.7 Å². The molecule has 0 aromatic heterocycles. The van der Waals surface area contributed by atoms with Crippen LogP contribution in [0.2, 0.25) is 0 Å². The van der Waals surface area contributed by atoms with Crippen LogP contribution in [-0.4, -0.2) is 68.3 Å². The maximum atomic E-state index is 11.5. The van der Waals surface area contributed by atoms with Crippen molar-refractivity contribution in [3.8, 4) is 0 Å². The van der Waals surface area contributed by atoms with Gasteiger partial charge < -0.3 is 10.0 Å². The van der Waals surface area contributed by atoms with Gasteiger partial charge in [-0.2, -0.15) is 4.31 Å². The minimum atomic E-state index is -3.05. The molecule has 1 aliphatic heterocycles. The number of hydrogen-bond donors (Lipinski definition) is 1. The van der Waals surface area contributed by atoms with Crippen LogP contribution in [0.15, 0.2) is 0 Å². The number of nitrogens with zero attached hydrogens (tertiary/aromatic N) is 2. The zero-order chi connectivity index (χ0) is 14.8. The molecule has 0 radical (unpaired) electrons. The molecule has 2 fully saturated rings. The highest BCUT2D eigenvalue weighted by Gasteiger charge is 2.36. The van der Waals surface area contributed by atoms with Gasteiger partial charge >= 0.3 is 0 Å². The maximum Gasteiger partial charge on any atom is 0.211 e. The Morgan fingerprint density at radius 1 is 1.15 bits per heavy atom. The van der Waals surface area contributed by atoms with E-state index >= 15 is 0 Å². The van der Waals surface area contributed by atoms with E-state index in [0.29, 0.717) is 13.1 Å². The molecule has 0 spiro atoms. The predicted molar refractivity (Wildman–Crippen MR) is 80.0 cm³/mol. The minimum Gasteiger partial charge on any atom is -0.396 e. The number of rotatable bonds is 4. The zero-order valence-corrected chi connectivity index (χ0v) is 13.5. The lowest BCUT2D eigenvalue weighted by Gasteiger charge is -2.43.